The number of para-hydroxylation sites is 1. The highest BCUT2D eigenvalue weighted by molar-refractivity contribution is 6.04. The number of benzene rings is 1. The zero-order valence-corrected chi connectivity index (χ0v) is 13.6. The number of hydrogen-bond donors (Lipinski definition) is 1. The molecule has 0 fully saturated rings. The number of nitrogens with two attached hydrogens (primary N) is 1. The number of furan rings is 1. The average molecular weight is 322 g/mol. The van der Waals surface area contributed by atoms with Crippen molar-refractivity contribution in [3.8, 4) is 0 Å². The molecule has 1 aromatic carbocycles. The fraction of sp³-hybridized carbons (Fsp3) is 0.375. The van der Waals surface area contributed by atoms with Gasteiger partial charge in [0.1, 0.15) is 16.9 Å². The summed E-state index contributed by atoms with van der Waals surface area (Å²) in [5.74, 6) is 1.65. The van der Waals surface area contributed by atoms with Crippen LogP contribution in [-0.4, -0.2) is 29.7 Å². The molecule has 0 aliphatic rings. The first-order valence-electron chi connectivity index (χ1n) is 7.36. The van der Waals surface area contributed by atoms with Crippen LogP contribution in [0.25, 0.3) is 22.1 Å². The minimum atomic E-state index is 0. The molecule has 0 aliphatic heterocycles. The van der Waals surface area contributed by atoms with Crippen LogP contribution >= 0.6 is 0 Å². The molecule has 3 aromatic rings. The Morgan fingerprint density at radius 2 is 2.05 bits per heavy atom. The molecule has 0 atom stereocenters. The van der Waals surface area contributed by atoms with Crippen molar-refractivity contribution in [1.82, 2.24) is 9.97 Å². The normalized spacial score (nSPS) is 11.0. The van der Waals surface area contributed by atoms with Gasteiger partial charge in [0.15, 0.2) is 0 Å². The fourth-order valence-electron chi connectivity index (χ4n) is 2.44. The van der Waals surface area contributed by atoms with E-state index in [4.69, 9.17) is 9.15 Å². The molecule has 3 rings (SSSR count). The molecular formula is C16H20ClN3O2. The predicted molar refractivity (Wildman–Crippen MR) is 81.6 cm³/mol. The van der Waals surface area contributed by atoms with Crippen molar-refractivity contribution in [3.63, 3.8) is 0 Å². The zero-order chi connectivity index (χ0) is 14.7. The smallest absolute Gasteiger partial charge is 0.272 e. The number of halogens is 1. The summed E-state index contributed by atoms with van der Waals surface area (Å²) in [5.41, 5.74) is 2.53. The summed E-state index contributed by atoms with van der Waals surface area (Å²) in [6, 6.07) is 7.97. The molecule has 0 saturated carbocycles. The van der Waals surface area contributed by atoms with Crippen LogP contribution in [0.2, 0.25) is 0 Å². The number of ether oxygens (including phenoxy) is 1. The lowest BCUT2D eigenvalue weighted by atomic mass is 10.2. The van der Waals surface area contributed by atoms with Crippen LogP contribution in [0.3, 0.4) is 0 Å². The summed E-state index contributed by atoms with van der Waals surface area (Å²) < 4.78 is 11.3. The van der Waals surface area contributed by atoms with Gasteiger partial charge in [0, 0.05) is 18.4 Å². The van der Waals surface area contributed by atoms with Crippen molar-refractivity contribution in [2.24, 2.45) is 0 Å². The van der Waals surface area contributed by atoms with Crippen molar-refractivity contribution in [2.45, 2.75) is 20.3 Å². The topological polar surface area (TPSA) is 64.8 Å². The molecule has 0 spiro atoms. The summed E-state index contributed by atoms with van der Waals surface area (Å²) in [6.45, 7) is 6.39. The van der Waals surface area contributed by atoms with Crippen molar-refractivity contribution < 1.29 is 26.9 Å². The minimum Gasteiger partial charge on any atom is -1.00 e. The fourth-order valence-corrected chi connectivity index (χ4v) is 2.44. The number of hydrogen-bond acceptors (Lipinski definition) is 4. The number of fused-ring (bicyclic) bond motifs is 3. The largest absolute Gasteiger partial charge is 1.00 e. The van der Waals surface area contributed by atoms with E-state index in [1.807, 2.05) is 38.1 Å². The first-order chi connectivity index (χ1) is 10.3. The van der Waals surface area contributed by atoms with Crippen LogP contribution < -0.4 is 17.7 Å². The van der Waals surface area contributed by atoms with Crippen LogP contribution in [0.5, 0.6) is 0 Å². The monoisotopic (exact) mass is 321 g/mol. The molecule has 5 nitrogen and oxygen atoms in total. The van der Waals surface area contributed by atoms with Crippen molar-refractivity contribution in [1.29, 1.82) is 0 Å². The minimum absolute atomic E-state index is 0. The van der Waals surface area contributed by atoms with E-state index in [9.17, 15) is 0 Å². The van der Waals surface area contributed by atoms with Crippen LogP contribution in [0.4, 0.5) is 5.82 Å². The van der Waals surface area contributed by atoms with E-state index in [1.54, 1.807) is 0 Å². The number of rotatable bonds is 6. The van der Waals surface area contributed by atoms with E-state index >= 15 is 0 Å². The van der Waals surface area contributed by atoms with Gasteiger partial charge in [0.05, 0.1) is 13.2 Å². The molecule has 2 heterocycles. The third-order valence-corrected chi connectivity index (χ3v) is 3.39. The number of quaternary nitrogens is 1. The Hall–Kier alpha value is -1.69. The lowest BCUT2D eigenvalue weighted by molar-refractivity contribution is -0.574. The van der Waals surface area contributed by atoms with Crippen LogP contribution in [0.1, 0.15) is 19.2 Å². The van der Waals surface area contributed by atoms with E-state index in [2.05, 4.69) is 15.3 Å². The molecule has 0 unspecified atom stereocenters. The first-order valence-corrected chi connectivity index (χ1v) is 7.36. The lowest BCUT2D eigenvalue weighted by Gasteiger charge is -2.02. The summed E-state index contributed by atoms with van der Waals surface area (Å²) in [6.07, 6.45) is 0.985. The molecule has 0 radical (unpaired) electrons. The Kier molecular flexibility index (Phi) is 5.71. The molecule has 2 N–H and O–H groups in total. The maximum atomic E-state index is 5.93. The van der Waals surface area contributed by atoms with Gasteiger partial charge in [0.2, 0.25) is 5.58 Å². The van der Waals surface area contributed by atoms with Gasteiger partial charge >= 0.3 is 0 Å². The van der Waals surface area contributed by atoms with Crippen molar-refractivity contribution in [3.05, 3.63) is 30.1 Å². The van der Waals surface area contributed by atoms with Gasteiger partial charge in [-0.1, -0.05) is 12.1 Å². The number of aromatic nitrogens is 2. The molecule has 118 valence electrons. The van der Waals surface area contributed by atoms with E-state index in [1.165, 1.54) is 0 Å². The van der Waals surface area contributed by atoms with Gasteiger partial charge in [0.25, 0.3) is 5.82 Å². The Morgan fingerprint density at radius 3 is 2.86 bits per heavy atom. The molecule has 6 heteroatoms. The van der Waals surface area contributed by atoms with Gasteiger partial charge < -0.3 is 21.6 Å². The molecule has 0 amide bonds. The number of nitrogens with zero attached hydrogens (tertiary/aromatic N) is 2. The highest BCUT2D eigenvalue weighted by atomic mass is 35.5. The Labute approximate surface area is 135 Å². The standard InChI is InChI=1S/C16H19N3O2.ClH/c1-3-20-10-6-9-17-16-15-14(18-11(2)19-16)12-7-4-5-8-13(12)21-15;/h4-5,7-8H,3,6,9-10H2,1-2H3,(H,17,18,19);1H. The average Bonchev–Trinajstić information content (AvgIpc) is 2.86. The Bertz CT molecular complexity index is 758. The molecule has 22 heavy (non-hydrogen) atoms. The number of aryl methyl sites for hydroxylation is 1. The SMILES string of the molecule is CCOCCC[NH2+]c1nc(C)nc2c1oc1ccccc12.[Cl-]. The van der Waals surface area contributed by atoms with E-state index in [0.29, 0.717) is 0 Å². The van der Waals surface area contributed by atoms with E-state index < -0.39 is 0 Å². The molecule has 0 bridgehead atoms. The zero-order valence-electron chi connectivity index (χ0n) is 12.8. The molecular weight excluding hydrogens is 302 g/mol. The molecule has 0 saturated heterocycles. The van der Waals surface area contributed by atoms with Gasteiger partial charge in [-0.05, 0) is 26.0 Å². The molecule has 2 aromatic heterocycles. The lowest BCUT2D eigenvalue weighted by Crippen LogP contribution is -3.00. The van der Waals surface area contributed by atoms with Crippen LogP contribution in [0, 0.1) is 6.92 Å². The van der Waals surface area contributed by atoms with Crippen LogP contribution in [0.15, 0.2) is 28.7 Å². The van der Waals surface area contributed by atoms with E-state index in [0.717, 1.165) is 59.9 Å². The molecule has 0 aliphatic carbocycles. The van der Waals surface area contributed by atoms with E-state index in [-0.39, 0.29) is 12.4 Å². The van der Waals surface area contributed by atoms with Gasteiger partial charge in [-0.3, -0.25) is 5.32 Å². The third kappa shape index (κ3) is 3.38. The highest BCUT2D eigenvalue weighted by Crippen LogP contribution is 2.29. The van der Waals surface area contributed by atoms with Gasteiger partial charge in [-0.25, -0.2) is 4.98 Å². The van der Waals surface area contributed by atoms with Gasteiger partial charge in [-0.15, -0.1) is 0 Å². The maximum Gasteiger partial charge on any atom is 0.272 e. The second-order valence-electron chi connectivity index (χ2n) is 4.98. The predicted octanol–water partition coefficient (Wildman–Crippen LogP) is -0.690. The highest BCUT2D eigenvalue weighted by Gasteiger charge is 2.16. The summed E-state index contributed by atoms with van der Waals surface area (Å²) >= 11 is 0. The summed E-state index contributed by atoms with van der Waals surface area (Å²) in [5, 5.41) is 3.15. The quantitative estimate of drug-likeness (QED) is 0.610. The second kappa shape index (κ2) is 7.54. The summed E-state index contributed by atoms with van der Waals surface area (Å²) in [4.78, 5) is 9.05. The first kappa shape index (κ1) is 16.7. The summed E-state index contributed by atoms with van der Waals surface area (Å²) in [7, 11) is 0. The van der Waals surface area contributed by atoms with Crippen molar-refractivity contribution >= 4 is 27.9 Å². The van der Waals surface area contributed by atoms with Crippen molar-refractivity contribution in [2.75, 3.05) is 19.8 Å². The maximum absolute atomic E-state index is 5.93. The Morgan fingerprint density at radius 1 is 1.23 bits per heavy atom. The Balaban J connectivity index is 0.00000176. The second-order valence-corrected chi connectivity index (χ2v) is 4.98. The third-order valence-electron chi connectivity index (χ3n) is 3.39. The van der Waals surface area contributed by atoms with Gasteiger partial charge in [-0.2, -0.15) is 4.98 Å². The van der Waals surface area contributed by atoms with Crippen LogP contribution in [-0.2, 0) is 4.74 Å².